The molecule has 498 valence electrons. The van der Waals surface area contributed by atoms with Crippen molar-refractivity contribution < 1.29 is 67.3 Å². The number of carbonyl (C=O) groups is 11. The maximum atomic E-state index is 14.9. The molecule has 9 N–H and O–H groups in total. The number of aliphatic hydroxyl groups excluding tert-OH is 1. The van der Waals surface area contributed by atoms with Gasteiger partial charge in [0.05, 0.1) is 56.0 Å². The van der Waals surface area contributed by atoms with Crippen LogP contribution in [0, 0.1) is 23.2 Å². The van der Waals surface area contributed by atoms with Gasteiger partial charge in [0.15, 0.2) is 6.10 Å². The molecule has 26 nitrogen and oxygen atoms in total. The summed E-state index contributed by atoms with van der Waals surface area (Å²) in [5.74, 6) is -5.64. The summed E-state index contributed by atoms with van der Waals surface area (Å²) in [4.78, 5) is 157. The summed E-state index contributed by atoms with van der Waals surface area (Å²) in [6, 6.07) is 0.0325. The van der Waals surface area contributed by atoms with Crippen LogP contribution in [0.2, 0.25) is 0 Å². The first kappa shape index (κ1) is 69.4. The number of anilines is 1. The fourth-order valence-corrected chi connectivity index (χ4v) is 13.1. The minimum absolute atomic E-state index is 0.0284. The minimum Gasteiger partial charge on any atom is -0.382 e. The van der Waals surface area contributed by atoms with Gasteiger partial charge >= 0.3 is 0 Å². The Labute approximate surface area is 532 Å². The molecule has 2 saturated heterocycles. The molecule has 3 aliphatic heterocycles. The summed E-state index contributed by atoms with van der Waals surface area (Å²) in [5.41, 5.74) is -0.0778. The number of aliphatic hydroxyl groups is 1. The van der Waals surface area contributed by atoms with E-state index < -0.39 is 101 Å². The van der Waals surface area contributed by atoms with Gasteiger partial charge < -0.3 is 56.7 Å². The van der Waals surface area contributed by atoms with Crippen molar-refractivity contribution in [3.63, 3.8) is 0 Å². The van der Waals surface area contributed by atoms with E-state index in [4.69, 9.17) is 9.47 Å². The maximum Gasteiger partial charge on any atom is 0.272 e. The van der Waals surface area contributed by atoms with Crippen LogP contribution in [0.5, 0.6) is 0 Å². The lowest BCUT2D eigenvalue weighted by Gasteiger charge is -2.38. The maximum absolute atomic E-state index is 14.9. The third-order valence-electron chi connectivity index (χ3n) is 18.2. The molecule has 8 rings (SSSR count). The van der Waals surface area contributed by atoms with Crippen molar-refractivity contribution in [3.8, 4) is 0 Å². The van der Waals surface area contributed by atoms with Crippen LogP contribution < -0.4 is 42.5 Å². The number of nitrogens with one attached hydrogen (secondary N) is 8. The van der Waals surface area contributed by atoms with Crippen molar-refractivity contribution in [1.29, 1.82) is 0 Å². The fraction of sp³-hybridized carbons (Fsp3) is 0.677. The zero-order valence-corrected chi connectivity index (χ0v) is 53.2. The number of ether oxygens (including phenoxy) is 2. The largest absolute Gasteiger partial charge is 0.382 e. The Morgan fingerprint density at radius 3 is 2.08 bits per heavy atom. The molecule has 91 heavy (non-hydrogen) atoms. The summed E-state index contributed by atoms with van der Waals surface area (Å²) in [5, 5.41) is 33.9. The molecule has 11 amide bonds. The molecule has 1 aromatic carbocycles. The van der Waals surface area contributed by atoms with Gasteiger partial charge in [-0.3, -0.25) is 63.0 Å². The second-order valence-corrected chi connectivity index (χ2v) is 26.2. The van der Waals surface area contributed by atoms with Gasteiger partial charge in [-0.05, 0) is 99.5 Å². The molecule has 0 spiro atoms. The van der Waals surface area contributed by atoms with Crippen molar-refractivity contribution >= 4 is 70.7 Å². The lowest BCUT2D eigenvalue weighted by Crippen LogP contribution is -2.62. The first-order valence-electron chi connectivity index (χ1n) is 33.1. The number of hydrogen-bond acceptors (Lipinski definition) is 17. The average molecular weight is 1270 g/mol. The lowest BCUT2D eigenvalue weighted by atomic mass is 9.82. The Hall–Kier alpha value is -7.45. The predicted octanol–water partition coefficient (Wildman–Crippen LogP) is 3.36. The Morgan fingerprint density at radius 2 is 1.41 bits per heavy atom. The van der Waals surface area contributed by atoms with Gasteiger partial charge in [-0.15, -0.1) is 0 Å². The number of benzene rings is 1. The molecule has 5 fully saturated rings. The Balaban J connectivity index is 0.688. The number of hydrogen-bond donors (Lipinski definition) is 9. The summed E-state index contributed by atoms with van der Waals surface area (Å²) >= 11 is 0. The van der Waals surface area contributed by atoms with E-state index in [1.807, 2.05) is 27.7 Å². The van der Waals surface area contributed by atoms with Gasteiger partial charge in [0.2, 0.25) is 35.4 Å². The molecule has 26 heteroatoms. The topological polar surface area (TPSA) is 355 Å². The number of carbonyl (C=O) groups excluding carboxylic acids is 11. The van der Waals surface area contributed by atoms with E-state index in [-0.39, 0.29) is 97.9 Å². The van der Waals surface area contributed by atoms with E-state index in [9.17, 15) is 57.8 Å². The number of imide groups is 2. The number of unbranched alkanes of at least 4 members (excludes halogenated alkanes) is 5. The molecule has 1 aromatic heterocycles. The van der Waals surface area contributed by atoms with Crippen LogP contribution in [0.4, 0.5) is 5.69 Å². The molecule has 2 aromatic rings. The minimum atomic E-state index is -1.45. The van der Waals surface area contributed by atoms with Gasteiger partial charge in [-0.2, -0.15) is 0 Å². The summed E-state index contributed by atoms with van der Waals surface area (Å²) in [6.45, 7) is 10.1. The number of rotatable bonds is 34. The van der Waals surface area contributed by atoms with E-state index in [2.05, 4.69) is 52.5 Å². The molecule has 4 heterocycles. The van der Waals surface area contributed by atoms with Crippen LogP contribution in [0.1, 0.15) is 204 Å². The van der Waals surface area contributed by atoms with Crippen molar-refractivity contribution in [2.24, 2.45) is 23.2 Å². The molecule has 6 aliphatic rings. The number of aromatic nitrogens is 2. The molecule has 3 unspecified atom stereocenters. The van der Waals surface area contributed by atoms with Crippen molar-refractivity contribution in [3.05, 3.63) is 53.1 Å². The van der Waals surface area contributed by atoms with Gasteiger partial charge in [-0.1, -0.05) is 91.5 Å². The summed E-state index contributed by atoms with van der Waals surface area (Å²) < 4.78 is 11.2. The highest BCUT2D eigenvalue weighted by Crippen LogP contribution is 2.43. The molecular weight excluding hydrogens is 1170 g/mol. The molecular formula is C65H94N12O14. The molecule has 8 atom stereocenters. The van der Waals surface area contributed by atoms with E-state index in [0.717, 1.165) is 94.8 Å². The van der Waals surface area contributed by atoms with Crippen LogP contribution in [0.25, 0.3) is 0 Å². The quantitative estimate of drug-likeness (QED) is 0.0358. The van der Waals surface area contributed by atoms with Crippen molar-refractivity contribution in [2.75, 3.05) is 57.9 Å². The van der Waals surface area contributed by atoms with Crippen molar-refractivity contribution in [1.82, 2.24) is 57.0 Å². The van der Waals surface area contributed by atoms with Gasteiger partial charge in [0.25, 0.3) is 29.5 Å². The third-order valence-corrected chi connectivity index (χ3v) is 18.2. The Kier molecular flexibility index (Phi) is 25.4. The highest BCUT2D eigenvalue weighted by atomic mass is 16.5. The number of likely N-dealkylation sites (tertiary alicyclic amines) is 1. The van der Waals surface area contributed by atoms with Crippen LogP contribution >= 0.6 is 0 Å². The average Bonchev–Trinajstić information content (AvgIpc) is 1.63. The van der Waals surface area contributed by atoms with E-state index in [0.29, 0.717) is 57.5 Å². The number of amides is 11. The zero-order valence-electron chi connectivity index (χ0n) is 53.2. The van der Waals surface area contributed by atoms with Gasteiger partial charge in [0, 0.05) is 50.7 Å². The first-order valence-corrected chi connectivity index (χ1v) is 33.1. The standard InChI is InChI=1S/C65H94N12O14/c1-5-17-45(54(80)61(86)71-41-24-25-41)72-60(85)53-42-21-15-20-40(42)38-76(53)64(89)55(65(2,3)4)75-59(84)52(39-18-11-10-12-19-39)74-57(82)47-37-69-46(36-70-47)56(81)68-30-14-9-7-6-8-13-29-67-49(78)28-32-90-34-35-91-33-31-66-44-23-16-22-43-51(44)63(88)77(62(43)87)48-26-27-50(79)73-58(48)83/h16,22-23,36-37,39-42,45,48,52-55,66,80H,5-15,17-21,24-35,38H2,1-4H3,(H,67,78)(H,68,81)(H,71,86)(H,72,85)(H,74,82)(H,75,84)(H,73,79,83)/t40-,42?,45-,48?,52-,53-,54?,55+/m0/s1. The highest BCUT2D eigenvalue weighted by molar-refractivity contribution is 6.25. The lowest BCUT2D eigenvalue weighted by molar-refractivity contribution is -0.146. The van der Waals surface area contributed by atoms with Crippen LogP contribution in [0.3, 0.4) is 0 Å². The van der Waals surface area contributed by atoms with Crippen LogP contribution in [-0.2, 0) is 43.0 Å². The highest BCUT2D eigenvalue weighted by Gasteiger charge is 2.53. The smallest absolute Gasteiger partial charge is 0.272 e. The normalized spacial score (nSPS) is 21.2. The number of fused-ring (bicyclic) bond motifs is 2. The summed E-state index contributed by atoms with van der Waals surface area (Å²) in [7, 11) is 0. The van der Waals surface area contributed by atoms with Crippen LogP contribution in [0.15, 0.2) is 30.6 Å². The van der Waals surface area contributed by atoms with Crippen molar-refractivity contribution in [2.45, 2.75) is 205 Å². The molecule has 3 saturated carbocycles. The molecule has 0 bridgehead atoms. The Morgan fingerprint density at radius 1 is 0.725 bits per heavy atom. The number of nitrogens with zero attached hydrogens (tertiary/aromatic N) is 4. The SMILES string of the molecule is CCC[C@H](NC(=O)[C@@H]1C2CCC[C@H]2CN1C(=O)[C@@H](NC(=O)[C@@H](NC(=O)c1cnc(C(=O)NCCCCCCCCNC(=O)CCOCCOCCNc2cccc3c2C(=O)N(C2CCC(=O)NC2=O)C3=O)cn1)C1CCCCC1)C(C)(C)C)C(O)C(=O)NC1CC1. The second-order valence-electron chi connectivity index (χ2n) is 26.2. The van der Waals surface area contributed by atoms with E-state index >= 15 is 0 Å². The molecule has 3 aliphatic carbocycles. The molecule has 0 radical (unpaired) electrons. The Bertz CT molecular complexity index is 2930. The second kappa shape index (κ2) is 33.2. The first-order chi connectivity index (χ1) is 43.7. The third kappa shape index (κ3) is 18.9. The fourth-order valence-electron chi connectivity index (χ4n) is 13.1. The number of piperidine rings is 1. The van der Waals surface area contributed by atoms with Gasteiger partial charge in [-0.25, -0.2) is 9.97 Å². The monoisotopic (exact) mass is 1270 g/mol. The van der Waals surface area contributed by atoms with E-state index in [1.54, 1.807) is 17.0 Å². The zero-order chi connectivity index (χ0) is 65.2. The predicted molar refractivity (Wildman–Crippen MR) is 332 cm³/mol. The van der Waals surface area contributed by atoms with E-state index in [1.165, 1.54) is 18.5 Å². The summed E-state index contributed by atoms with van der Waals surface area (Å²) in [6.07, 6.45) is 15.8. The van der Waals surface area contributed by atoms with Gasteiger partial charge in [0.1, 0.15) is 35.6 Å². The van der Waals surface area contributed by atoms with Crippen LogP contribution in [-0.4, -0.2) is 185 Å².